The highest BCUT2D eigenvalue weighted by Crippen LogP contribution is 2.29. The molecule has 0 saturated carbocycles. The van der Waals surface area contributed by atoms with Gasteiger partial charge in [0.25, 0.3) is 0 Å². The molecule has 0 aliphatic carbocycles. The number of rotatable bonds is 4. The predicted molar refractivity (Wildman–Crippen MR) is 60.6 cm³/mol. The van der Waals surface area contributed by atoms with Crippen molar-refractivity contribution in [1.82, 2.24) is 10.1 Å². The van der Waals surface area contributed by atoms with E-state index in [0.717, 1.165) is 12.1 Å². The summed E-state index contributed by atoms with van der Waals surface area (Å²) in [6, 6.07) is 1.82. The molecule has 0 aliphatic heterocycles. The average molecular weight is 320 g/mol. The molecule has 0 amide bonds. The van der Waals surface area contributed by atoms with E-state index >= 15 is 0 Å². The normalized spacial score (nSPS) is 10.7. The Balaban J connectivity index is 2.10. The van der Waals surface area contributed by atoms with E-state index in [2.05, 4.69) is 26.1 Å². The van der Waals surface area contributed by atoms with Gasteiger partial charge in [0.15, 0.2) is 18.2 Å². The van der Waals surface area contributed by atoms with Crippen molar-refractivity contribution < 1.29 is 18.0 Å². The quantitative estimate of drug-likeness (QED) is 0.934. The Morgan fingerprint density at radius 2 is 2.17 bits per heavy atom. The monoisotopic (exact) mass is 319 g/mol. The molecule has 0 fully saturated rings. The van der Waals surface area contributed by atoms with Crippen LogP contribution in [-0.2, 0) is 13.2 Å². The third kappa shape index (κ3) is 2.82. The van der Waals surface area contributed by atoms with Gasteiger partial charge in [-0.25, -0.2) is 8.78 Å². The molecule has 0 atom stereocenters. The third-order valence-electron chi connectivity index (χ3n) is 1.99. The molecule has 0 saturated heterocycles. The van der Waals surface area contributed by atoms with Gasteiger partial charge < -0.3 is 15.0 Å². The lowest BCUT2D eigenvalue weighted by Crippen LogP contribution is -2.01. The first-order valence-electron chi connectivity index (χ1n) is 4.89. The van der Waals surface area contributed by atoms with Crippen molar-refractivity contribution >= 4 is 15.9 Å². The van der Waals surface area contributed by atoms with Crippen molar-refractivity contribution in [2.24, 2.45) is 5.73 Å². The molecule has 2 N–H and O–H groups in total. The lowest BCUT2D eigenvalue weighted by Gasteiger charge is -2.07. The van der Waals surface area contributed by atoms with Gasteiger partial charge in [-0.2, -0.15) is 4.98 Å². The number of nitrogens with zero attached hydrogens (tertiary/aromatic N) is 2. The van der Waals surface area contributed by atoms with E-state index in [4.69, 9.17) is 15.0 Å². The van der Waals surface area contributed by atoms with Crippen molar-refractivity contribution in [2.45, 2.75) is 13.2 Å². The van der Waals surface area contributed by atoms with Crippen LogP contribution in [0.1, 0.15) is 11.7 Å². The molecule has 96 valence electrons. The topological polar surface area (TPSA) is 74.2 Å². The molecule has 0 spiro atoms. The number of aromatic nitrogens is 2. The van der Waals surface area contributed by atoms with Crippen LogP contribution in [0.4, 0.5) is 8.78 Å². The molecule has 1 aromatic carbocycles. The molecular weight excluding hydrogens is 312 g/mol. The summed E-state index contributed by atoms with van der Waals surface area (Å²) in [6.45, 7) is 0.00621. The van der Waals surface area contributed by atoms with E-state index in [1.165, 1.54) is 0 Å². The molecule has 5 nitrogen and oxygen atoms in total. The van der Waals surface area contributed by atoms with Gasteiger partial charge in [0.1, 0.15) is 5.82 Å². The van der Waals surface area contributed by atoms with Crippen LogP contribution in [0.3, 0.4) is 0 Å². The van der Waals surface area contributed by atoms with Crippen LogP contribution in [0.25, 0.3) is 0 Å². The van der Waals surface area contributed by atoms with Gasteiger partial charge in [-0.05, 0) is 22.0 Å². The van der Waals surface area contributed by atoms with E-state index in [1.54, 1.807) is 0 Å². The second-order valence-corrected chi connectivity index (χ2v) is 4.15. The van der Waals surface area contributed by atoms with E-state index in [9.17, 15) is 8.78 Å². The molecule has 18 heavy (non-hydrogen) atoms. The van der Waals surface area contributed by atoms with Crippen LogP contribution < -0.4 is 10.5 Å². The minimum atomic E-state index is -0.815. The van der Waals surface area contributed by atoms with Crippen molar-refractivity contribution in [3.05, 3.63) is 40.0 Å². The first kappa shape index (κ1) is 12.9. The Morgan fingerprint density at radius 3 is 2.78 bits per heavy atom. The Bertz CT molecular complexity index is 539. The largest absolute Gasteiger partial charge is 0.481 e. The summed E-state index contributed by atoms with van der Waals surface area (Å²) in [6.07, 6.45) is 0. The van der Waals surface area contributed by atoms with Crippen LogP contribution >= 0.6 is 15.9 Å². The predicted octanol–water partition coefficient (Wildman–Crippen LogP) is 2.15. The highest BCUT2D eigenvalue weighted by molar-refractivity contribution is 9.10. The minimum Gasteiger partial charge on any atom is -0.481 e. The van der Waals surface area contributed by atoms with Crippen LogP contribution in [0.15, 0.2) is 21.1 Å². The number of ether oxygens (including phenoxy) is 1. The summed E-state index contributed by atoms with van der Waals surface area (Å²) in [5.74, 6) is -1.14. The molecule has 0 radical (unpaired) electrons. The maximum absolute atomic E-state index is 13.4. The van der Waals surface area contributed by atoms with Crippen molar-refractivity contribution in [2.75, 3.05) is 0 Å². The second kappa shape index (κ2) is 5.40. The highest BCUT2D eigenvalue weighted by atomic mass is 79.9. The standard InChI is InChI=1S/C10H8BrF2N3O2/c11-6-1-5(12)2-7(13)10(6)17-4-8-15-9(3-14)18-16-8/h1-2H,3-4,14H2. The maximum Gasteiger partial charge on any atom is 0.240 e. The zero-order chi connectivity index (χ0) is 13.1. The number of hydrogen-bond acceptors (Lipinski definition) is 5. The minimum absolute atomic E-state index is 0.106. The molecule has 8 heteroatoms. The van der Waals surface area contributed by atoms with E-state index in [1.807, 2.05) is 0 Å². The molecule has 0 unspecified atom stereocenters. The van der Waals surface area contributed by atoms with Crippen molar-refractivity contribution in [1.29, 1.82) is 0 Å². The molecule has 0 aliphatic rings. The van der Waals surface area contributed by atoms with Crippen molar-refractivity contribution in [3.8, 4) is 5.75 Å². The summed E-state index contributed by atoms with van der Waals surface area (Å²) in [7, 11) is 0. The van der Waals surface area contributed by atoms with E-state index < -0.39 is 11.6 Å². The lowest BCUT2D eigenvalue weighted by atomic mass is 10.3. The first-order chi connectivity index (χ1) is 8.60. The fourth-order valence-corrected chi connectivity index (χ4v) is 1.76. The number of halogens is 3. The summed E-state index contributed by atoms with van der Waals surface area (Å²) < 4.78 is 36.3. The molecular formula is C10H8BrF2N3O2. The van der Waals surface area contributed by atoms with E-state index in [-0.39, 0.29) is 35.1 Å². The maximum atomic E-state index is 13.4. The lowest BCUT2D eigenvalue weighted by molar-refractivity contribution is 0.270. The van der Waals surface area contributed by atoms with Gasteiger partial charge in [-0.1, -0.05) is 5.16 Å². The molecule has 2 aromatic rings. The Morgan fingerprint density at radius 1 is 1.39 bits per heavy atom. The van der Waals surface area contributed by atoms with Gasteiger partial charge >= 0.3 is 0 Å². The number of benzene rings is 1. The smallest absolute Gasteiger partial charge is 0.240 e. The van der Waals surface area contributed by atoms with E-state index in [0.29, 0.717) is 0 Å². The summed E-state index contributed by atoms with van der Waals surface area (Å²) in [5.41, 5.74) is 5.29. The average Bonchev–Trinajstić information content (AvgIpc) is 2.75. The highest BCUT2D eigenvalue weighted by Gasteiger charge is 2.13. The van der Waals surface area contributed by atoms with Gasteiger partial charge in [-0.3, -0.25) is 0 Å². The molecule has 0 bridgehead atoms. The zero-order valence-electron chi connectivity index (χ0n) is 8.99. The summed E-state index contributed by atoms with van der Waals surface area (Å²) >= 11 is 3.00. The van der Waals surface area contributed by atoms with Gasteiger partial charge in [0.2, 0.25) is 11.7 Å². The van der Waals surface area contributed by atoms with Crippen LogP contribution in [0.5, 0.6) is 5.75 Å². The SMILES string of the molecule is NCc1nc(COc2c(F)cc(F)cc2Br)no1. The molecule has 1 heterocycles. The summed E-state index contributed by atoms with van der Waals surface area (Å²) in [5, 5.41) is 3.58. The third-order valence-corrected chi connectivity index (χ3v) is 2.58. The van der Waals surface area contributed by atoms with Gasteiger partial charge in [-0.15, -0.1) is 0 Å². The number of nitrogens with two attached hydrogens (primary N) is 1. The summed E-state index contributed by atoms with van der Waals surface area (Å²) in [4.78, 5) is 3.88. The van der Waals surface area contributed by atoms with Gasteiger partial charge in [0, 0.05) is 6.07 Å². The van der Waals surface area contributed by atoms with Crippen molar-refractivity contribution in [3.63, 3.8) is 0 Å². The Kier molecular flexibility index (Phi) is 3.87. The zero-order valence-corrected chi connectivity index (χ0v) is 10.6. The molecule has 1 aromatic heterocycles. The second-order valence-electron chi connectivity index (χ2n) is 3.30. The van der Waals surface area contributed by atoms with Crippen LogP contribution in [0.2, 0.25) is 0 Å². The fraction of sp³-hybridized carbons (Fsp3) is 0.200. The van der Waals surface area contributed by atoms with Gasteiger partial charge in [0.05, 0.1) is 11.0 Å². The Hall–Kier alpha value is -1.54. The van der Waals surface area contributed by atoms with Crippen LogP contribution in [-0.4, -0.2) is 10.1 Å². The molecule has 2 rings (SSSR count). The first-order valence-corrected chi connectivity index (χ1v) is 5.68. The Labute approximate surface area is 109 Å². The fourth-order valence-electron chi connectivity index (χ4n) is 1.24. The number of hydrogen-bond donors (Lipinski definition) is 1. The van der Waals surface area contributed by atoms with Crippen LogP contribution in [0, 0.1) is 11.6 Å².